The summed E-state index contributed by atoms with van der Waals surface area (Å²) in [5.74, 6) is -0.426. The minimum absolute atomic E-state index is 0.118. The lowest BCUT2D eigenvalue weighted by atomic mass is 10.1. The highest BCUT2D eigenvalue weighted by atomic mass is 32.1. The van der Waals surface area contributed by atoms with E-state index < -0.39 is 11.9 Å². The first kappa shape index (κ1) is 13.2. The third-order valence-electron chi connectivity index (χ3n) is 2.24. The summed E-state index contributed by atoms with van der Waals surface area (Å²) in [6.45, 7) is 1.66. The number of rotatable bonds is 4. The molecule has 0 fully saturated rings. The first-order chi connectivity index (χ1) is 7.97. The monoisotopic (exact) mass is 254 g/mol. The quantitative estimate of drug-likeness (QED) is 0.692. The number of carbonyl (C=O) groups is 1. The van der Waals surface area contributed by atoms with E-state index in [0.717, 1.165) is 0 Å². The van der Waals surface area contributed by atoms with Crippen LogP contribution in [0.3, 0.4) is 0 Å². The molecule has 0 bridgehead atoms. The predicted octanol–water partition coefficient (Wildman–Crippen LogP) is 0.805. The second kappa shape index (κ2) is 5.49. The Morgan fingerprint density at radius 2 is 2.24 bits per heavy atom. The zero-order valence-corrected chi connectivity index (χ0v) is 10.4. The lowest BCUT2D eigenvalue weighted by Gasteiger charge is -2.13. The van der Waals surface area contributed by atoms with Gasteiger partial charge in [0.15, 0.2) is 11.5 Å². The van der Waals surface area contributed by atoms with Crippen molar-refractivity contribution in [3.63, 3.8) is 0 Å². The van der Waals surface area contributed by atoms with Gasteiger partial charge in [-0.3, -0.25) is 4.79 Å². The van der Waals surface area contributed by atoms with Crippen LogP contribution in [0, 0.1) is 0 Å². The normalized spacial score (nSPS) is 11.6. The van der Waals surface area contributed by atoms with Gasteiger partial charge in [0.2, 0.25) is 0 Å². The Labute approximate surface area is 105 Å². The van der Waals surface area contributed by atoms with Crippen molar-refractivity contribution >= 4 is 23.1 Å². The van der Waals surface area contributed by atoms with Crippen LogP contribution < -0.4 is 15.8 Å². The van der Waals surface area contributed by atoms with Crippen LogP contribution in [-0.2, 0) is 0 Å². The summed E-state index contributed by atoms with van der Waals surface area (Å²) in [7, 11) is 1.41. The number of benzene rings is 1. The summed E-state index contributed by atoms with van der Waals surface area (Å²) in [6.07, 6.45) is 0. The average molecular weight is 254 g/mol. The molecule has 0 spiro atoms. The summed E-state index contributed by atoms with van der Waals surface area (Å²) in [5.41, 5.74) is 5.50. The number of hydrogen-bond acceptors (Lipinski definition) is 4. The minimum atomic E-state index is -0.457. The first-order valence-electron chi connectivity index (χ1n) is 4.93. The van der Waals surface area contributed by atoms with E-state index in [2.05, 4.69) is 5.32 Å². The zero-order chi connectivity index (χ0) is 13.0. The van der Waals surface area contributed by atoms with Crippen molar-refractivity contribution in [3.05, 3.63) is 23.8 Å². The minimum Gasteiger partial charge on any atom is -0.504 e. The van der Waals surface area contributed by atoms with Gasteiger partial charge in [-0.1, -0.05) is 18.3 Å². The molecule has 17 heavy (non-hydrogen) atoms. The molecule has 0 heterocycles. The van der Waals surface area contributed by atoms with Crippen molar-refractivity contribution in [2.24, 2.45) is 5.73 Å². The fourth-order valence-corrected chi connectivity index (χ4v) is 1.27. The molecule has 0 aliphatic carbocycles. The number of amides is 1. The molecule has 5 nitrogen and oxygen atoms in total. The smallest absolute Gasteiger partial charge is 0.255 e. The molecular weight excluding hydrogens is 240 g/mol. The van der Waals surface area contributed by atoms with Gasteiger partial charge >= 0.3 is 0 Å². The van der Waals surface area contributed by atoms with Crippen molar-refractivity contribution in [3.8, 4) is 11.5 Å². The van der Waals surface area contributed by atoms with Gasteiger partial charge in [-0.05, 0) is 19.1 Å². The predicted molar refractivity (Wildman–Crippen MR) is 68.4 cm³/mol. The lowest BCUT2D eigenvalue weighted by molar-refractivity contribution is 0.0946. The van der Waals surface area contributed by atoms with Crippen LogP contribution in [0.5, 0.6) is 11.5 Å². The van der Waals surface area contributed by atoms with Crippen LogP contribution in [0.2, 0.25) is 0 Å². The summed E-state index contributed by atoms with van der Waals surface area (Å²) >= 11 is 4.74. The van der Waals surface area contributed by atoms with Gasteiger partial charge in [-0.25, -0.2) is 0 Å². The summed E-state index contributed by atoms with van der Waals surface area (Å²) in [6, 6.07) is 4.21. The van der Waals surface area contributed by atoms with E-state index in [0.29, 0.717) is 0 Å². The molecule has 6 heteroatoms. The van der Waals surface area contributed by atoms with E-state index in [9.17, 15) is 9.90 Å². The van der Waals surface area contributed by atoms with E-state index in [4.69, 9.17) is 22.7 Å². The van der Waals surface area contributed by atoms with E-state index in [1.807, 2.05) is 0 Å². The fraction of sp³-hybridized carbons (Fsp3) is 0.273. The topological polar surface area (TPSA) is 84.6 Å². The molecule has 1 aromatic carbocycles. The van der Waals surface area contributed by atoms with Crippen molar-refractivity contribution in [1.82, 2.24) is 5.32 Å². The maximum Gasteiger partial charge on any atom is 0.255 e. The highest BCUT2D eigenvalue weighted by molar-refractivity contribution is 7.80. The van der Waals surface area contributed by atoms with E-state index in [1.165, 1.54) is 13.2 Å². The Hall–Kier alpha value is -1.82. The third-order valence-corrected chi connectivity index (χ3v) is 2.59. The van der Waals surface area contributed by atoms with Gasteiger partial charge in [0.05, 0.1) is 23.7 Å². The Morgan fingerprint density at radius 3 is 2.76 bits per heavy atom. The Balaban J connectivity index is 2.93. The van der Waals surface area contributed by atoms with Crippen molar-refractivity contribution in [1.29, 1.82) is 0 Å². The van der Waals surface area contributed by atoms with Gasteiger partial charge in [-0.2, -0.15) is 0 Å². The number of para-hydroxylation sites is 1. The van der Waals surface area contributed by atoms with Crippen molar-refractivity contribution in [2.45, 2.75) is 13.0 Å². The number of methoxy groups -OCH3 is 1. The fourth-order valence-electron chi connectivity index (χ4n) is 1.22. The Kier molecular flexibility index (Phi) is 4.28. The van der Waals surface area contributed by atoms with Crippen molar-refractivity contribution in [2.75, 3.05) is 7.11 Å². The van der Waals surface area contributed by atoms with Crippen LogP contribution in [0.4, 0.5) is 0 Å². The first-order valence-corrected chi connectivity index (χ1v) is 5.34. The Bertz CT molecular complexity index is 448. The summed E-state index contributed by atoms with van der Waals surface area (Å²) in [5, 5.41) is 12.3. The maximum atomic E-state index is 11.8. The number of carbonyl (C=O) groups excluding carboxylic acids is 1. The zero-order valence-electron chi connectivity index (χ0n) is 9.56. The number of hydrogen-bond donors (Lipinski definition) is 3. The van der Waals surface area contributed by atoms with E-state index in [-0.39, 0.29) is 22.1 Å². The second-order valence-electron chi connectivity index (χ2n) is 3.45. The molecule has 0 aliphatic rings. The van der Waals surface area contributed by atoms with Crippen molar-refractivity contribution < 1.29 is 14.6 Å². The summed E-state index contributed by atoms with van der Waals surface area (Å²) in [4.78, 5) is 12.0. The molecule has 1 rings (SSSR count). The molecule has 0 aliphatic heterocycles. The number of phenolic OH excluding ortho intramolecular Hbond substituents is 1. The molecule has 1 unspecified atom stereocenters. The average Bonchev–Trinajstić information content (AvgIpc) is 2.28. The Morgan fingerprint density at radius 1 is 1.59 bits per heavy atom. The van der Waals surface area contributed by atoms with Crippen LogP contribution in [0.25, 0.3) is 0 Å². The number of nitrogens with one attached hydrogen (secondary N) is 1. The van der Waals surface area contributed by atoms with E-state index >= 15 is 0 Å². The number of nitrogens with two attached hydrogens (primary N) is 1. The molecule has 0 saturated carbocycles. The maximum absolute atomic E-state index is 11.8. The van der Waals surface area contributed by atoms with Gasteiger partial charge in [-0.15, -0.1) is 0 Å². The molecule has 4 N–H and O–H groups in total. The molecular formula is C11H14N2O3S. The number of aromatic hydroxyl groups is 1. The van der Waals surface area contributed by atoms with Crippen LogP contribution in [0.15, 0.2) is 18.2 Å². The van der Waals surface area contributed by atoms with Crippen LogP contribution >= 0.6 is 12.2 Å². The molecule has 1 aromatic rings. The summed E-state index contributed by atoms with van der Waals surface area (Å²) < 4.78 is 4.91. The van der Waals surface area contributed by atoms with Crippen LogP contribution in [-0.4, -0.2) is 29.2 Å². The largest absolute Gasteiger partial charge is 0.504 e. The van der Waals surface area contributed by atoms with Gasteiger partial charge in [0.25, 0.3) is 5.91 Å². The number of phenols is 1. The van der Waals surface area contributed by atoms with Gasteiger partial charge in [0.1, 0.15) is 0 Å². The van der Waals surface area contributed by atoms with Gasteiger partial charge in [0, 0.05) is 0 Å². The SMILES string of the molecule is COc1cccc(C(=O)NC(C)C(N)=S)c1O. The molecule has 0 saturated heterocycles. The molecule has 92 valence electrons. The van der Waals surface area contributed by atoms with Crippen LogP contribution in [0.1, 0.15) is 17.3 Å². The standard InChI is InChI=1S/C11H14N2O3S/c1-6(10(12)17)13-11(15)7-4-3-5-8(16-2)9(7)14/h3-6,14H,1-2H3,(H2,12,17)(H,13,15). The molecule has 0 radical (unpaired) electrons. The third kappa shape index (κ3) is 3.07. The highest BCUT2D eigenvalue weighted by Crippen LogP contribution is 2.29. The molecule has 1 amide bonds. The van der Waals surface area contributed by atoms with Gasteiger partial charge < -0.3 is 20.9 Å². The second-order valence-corrected chi connectivity index (χ2v) is 3.93. The lowest BCUT2D eigenvalue weighted by Crippen LogP contribution is -2.41. The van der Waals surface area contributed by atoms with E-state index in [1.54, 1.807) is 19.1 Å². The molecule has 0 aromatic heterocycles. The highest BCUT2D eigenvalue weighted by Gasteiger charge is 2.17. The molecule has 1 atom stereocenters. The number of ether oxygens (including phenoxy) is 1. The number of thiocarbonyl (C=S) groups is 1.